The molecule has 2 rings (SSSR count). The predicted molar refractivity (Wildman–Crippen MR) is 74.2 cm³/mol. The summed E-state index contributed by atoms with van der Waals surface area (Å²) in [6.07, 6.45) is 0. The summed E-state index contributed by atoms with van der Waals surface area (Å²) in [6, 6.07) is 3.76. The van der Waals surface area contributed by atoms with Crippen LogP contribution in [0, 0.1) is 0 Å². The van der Waals surface area contributed by atoms with Crippen molar-refractivity contribution in [3.63, 3.8) is 0 Å². The number of benzene rings is 1. The molecule has 0 fully saturated rings. The highest BCUT2D eigenvalue weighted by Gasteiger charge is 2.25. The summed E-state index contributed by atoms with van der Waals surface area (Å²) in [5.41, 5.74) is 0.591. The van der Waals surface area contributed by atoms with E-state index >= 15 is 0 Å². The molecular weight excluding hydrogens is 266 g/mol. The van der Waals surface area contributed by atoms with Gasteiger partial charge in [0.25, 0.3) is 0 Å². The Hall–Kier alpha value is -1.26. The van der Waals surface area contributed by atoms with Gasteiger partial charge in [0.2, 0.25) is 0 Å². The van der Waals surface area contributed by atoms with Gasteiger partial charge in [0, 0.05) is 5.54 Å². The van der Waals surface area contributed by atoms with Gasteiger partial charge in [-0.05, 0) is 38.5 Å². The Morgan fingerprint density at radius 1 is 1.37 bits per heavy atom. The van der Waals surface area contributed by atoms with Crippen LogP contribution in [-0.2, 0) is 10.3 Å². The maximum Gasteiger partial charge on any atom is 0.179 e. The number of hydrogen-bond acceptors (Lipinski definition) is 4. The first-order valence-electron chi connectivity index (χ1n) is 6.24. The third-order valence-corrected chi connectivity index (χ3v) is 3.38. The number of ketones is 1. The molecule has 1 aromatic rings. The lowest BCUT2D eigenvalue weighted by Crippen LogP contribution is -2.39. The molecule has 1 N–H and O–H groups in total. The lowest BCUT2D eigenvalue weighted by Gasteiger charge is -2.29. The third-order valence-electron chi connectivity index (χ3n) is 3.10. The van der Waals surface area contributed by atoms with Gasteiger partial charge in [-0.2, -0.15) is 0 Å². The molecular formula is C14H18ClNO3. The molecule has 0 bridgehead atoms. The number of fused-ring (bicyclic) bond motifs is 1. The normalized spacial score (nSPS) is 14.3. The molecule has 4 nitrogen and oxygen atoms in total. The zero-order chi connectivity index (χ0) is 14.0. The van der Waals surface area contributed by atoms with Crippen LogP contribution >= 0.6 is 11.6 Å². The zero-order valence-electron chi connectivity index (χ0n) is 11.4. The summed E-state index contributed by atoms with van der Waals surface area (Å²) >= 11 is 6.22. The molecule has 0 radical (unpaired) electrons. The van der Waals surface area contributed by atoms with Crippen LogP contribution in [0.1, 0.15) is 26.3 Å². The smallest absolute Gasteiger partial charge is 0.179 e. The van der Waals surface area contributed by atoms with Gasteiger partial charge in [-0.25, -0.2) is 0 Å². The monoisotopic (exact) mass is 283 g/mol. The standard InChI is InChI=1S/C14H18ClNO3/c1-9(17)8-16-14(2,3)10-6-11(15)13-12(7-10)18-4-5-19-13/h6-7,16H,4-5,8H2,1-3H3. The minimum absolute atomic E-state index is 0.0942. The number of rotatable bonds is 4. The van der Waals surface area contributed by atoms with E-state index in [0.29, 0.717) is 36.3 Å². The SMILES string of the molecule is CC(=O)CNC(C)(C)c1cc(Cl)c2c(c1)OCCO2. The van der Waals surface area contributed by atoms with Crippen LogP contribution in [-0.4, -0.2) is 25.5 Å². The maximum atomic E-state index is 11.1. The summed E-state index contributed by atoms with van der Waals surface area (Å²) in [4.78, 5) is 11.1. The average molecular weight is 284 g/mol. The van der Waals surface area contributed by atoms with Crippen LogP contribution in [0.5, 0.6) is 11.5 Å². The topological polar surface area (TPSA) is 47.6 Å². The number of carbonyl (C=O) groups is 1. The molecule has 1 heterocycles. The number of carbonyl (C=O) groups excluding carboxylic acids is 1. The zero-order valence-corrected chi connectivity index (χ0v) is 12.1. The molecule has 0 saturated heterocycles. The quantitative estimate of drug-likeness (QED) is 0.922. The number of hydrogen-bond donors (Lipinski definition) is 1. The average Bonchev–Trinajstić information content (AvgIpc) is 2.36. The molecule has 104 valence electrons. The van der Waals surface area contributed by atoms with Crippen LogP contribution < -0.4 is 14.8 Å². The van der Waals surface area contributed by atoms with Crippen molar-refractivity contribution in [2.24, 2.45) is 0 Å². The van der Waals surface area contributed by atoms with Crippen LogP contribution in [0.3, 0.4) is 0 Å². The first-order valence-corrected chi connectivity index (χ1v) is 6.62. The summed E-state index contributed by atoms with van der Waals surface area (Å²) in [6.45, 7) is 6.90. The molecule has 0 aliphatic carbocycles. The molecule has 5 heteroatoms. The van der Waals surface area contributed by atoms with Crippen LogP contribution in [0.25, 0.3) is 0 Å². The van der Waals surface area contributed by atoms with Gasteiger partial charge >= 0.3 is 0 Å². The Morgan fingerprint density at radius 2 is 2.05 bits per heavy atom. The molecule has 0 atom stereocenters. The van der Waals surface area contributed by atoms with E-state index in [0.717, 1.165) is 5.56 Å². The van der Waals surface area contributed by atoms with E-state index in [-0.39, 0.29) is 11.3 Å². The van der Waals surface area contributed by atoms with E-state index in [1.54, 1.807) is 6.92 Å². The van der Waals surface area contributed by atoms with Gasteiger partial charge in [0.15, 0.2) is 11.5 Å². The van der Waals surface area contributed by atoms with Crippen LogP contribution in [0.2, 0.25) is 5.02 Å². The lowest BCUT2D eigenvalue weighted by atomic mass is 9.93. The summed E-state index contributed by atoms with van der Waals surface area (Å²) in [5, 5.41) is 3.74. The second kappa shape index (κ2) is 5.39. The Morgan fingerprint density at radius 3 is 2.74 bits per heavy atom. The van der Waals surface area contributed by atoms with E-state index in [1.165, 1.54) is 0 Å². The molecule has 0 amide bonds. The lowest BCUT2D eigenvalue weighted by molar-refractivity contribution is -0.116. The second-order valence-corrected chi connectivity index (χ2v) is 5.57. The Bertz CT molecular complexity index is 500. The van der Waals surface area contributed by atoms with Gasteiger partial charge in [-0.3, -0.25) is 4.79 Å². The molecule has 0 spiro atoms. The van der Waals surface area contributed by atoms with Crippen molar-refractivity contribution in [1.29, 1.82) is 0 Å². The fourth-order valence-corrected chi connectivity index (χ4v) is 2.18. The Balaban J connectivity index is 2.29. The minimum atomic E-state index is -0.370. The van der Waals surface area contributed by atoms with E-state index < -0.39 is 0 Å². The van der Waals surface area contributed by atoms with Crippen LogP contribution in [0.4, 0.5) is 0 Å². The first-order chi connectivity index (χ1) is 8.90. The van der Waals surface area contributed by atoms with Crippen molar-refractivity contribution < 1.29 is 14.3 Å². The molecule has 1 aliphatic heterocycles. The van der Waals surface area contributed by atoms with Gasteiger partial charge < -0.3 is 14.8 Å². The Kier molecular flexibility index (Phi) is 4.02. The summed E-state index contributed by atoms with van der Waals surface area (Å²) in [5.74, 6) is 1.35. The maximum absolute atomic E-state index is 11.1. The van der Waals surface area contributed by atoms with Crippen molar-refractivity contribution in [3.05, 3.63) is 22.7 Å². The van der Waals surface area contributed by atoms with E-state index in [9.17, 15) is 4.79 Å². The summed E-state index contributed by atoms with van der Waals surface area (Å²) in [7, 11) is 0. The van der Waals surface area contributed by atoms with Crippen molar-refractivity contribution >= 4 is 17.4 Å². The predicted octanol–water partition coefficient (Wildman–Crippen LogP) is 2.52. The second-order valence-electron chi connectivity index (χ2n) is 5.16. The Labute approximate surface area is 118 Å². The van der Waals surface area contributed by atoms with Gasteiger partial charge in [-0.15, -0.1) is 0 Å². The van der Waals surface area contributed by atoms with Gasteiger partial charge in [0.1, 0.15) is 19.0 Å². The molecule has 0 unspecified atom stereocenters. The molecule has 0 aromatic heterocycles. The van der Waals surface area contributed by atoms with E-state index in [2.05, 4.69) is 5.32 Å². The first kappa shape index (κ1) is 14.2. The fraction of sp³-hybridized carbons (Fsp3) is 0.500. The van der Waals surface area contributed by atoms with Gasteiger partial charge in [0.05, 0.1) is 11.6 Å². The van der Waals surface area contributed by atoms with E-state index in [1.807, 2.05) is 26.0 Å². The number of Topliss-reactive ketones (excluding diaryl/α,β-unsaturated/α-hetero) is 1. The minimum Gasteiger partial charge on any atom is -0.486 e. The molecule has 1 aromatic carbocycles. The largest absolute Gasteiger partial charge is 0.486 e. The van der Waals surface area contributed by atoms with Crippen molar-refractivity contribution in [2.75, 3.05) is 19.8 Å². The fourth-order valence-electron chi connectivity index (χ4n) is 1.92. The highest BCUT2D eigenvalue weighted by atomic mass is 35.5. The number of halogens is 1. The number of nitrogens with one attached hydrogen (secondary N) is 1. The highest BCUT2D eigenvalue weighted by molar-refractivity contribution is 6.32. The van der Waals surface area contributed by atoms with Crippen molar-refractivity contribution in [1.82, 2.24) is 5.32 Å². The molecule has 1 aliphatic rings. The molecule has 0 saturated carbocycles. The van der Waals surface area contributed by atoms with Gasteiger partial charge in [-0.1, -0.05) is 11.6 Å². The summed E-state index contributed by atoms with van der Waals surface area (Å²) < 4.78 is 11.1. The van der Waals surface area contributed by atoms with Crippen molar-refractivity contribution in [3.8, 4) is 11.5 Å². The van der Waals surface area contributed by atoms with E-state index in [4.69, 9.17) is 21.1 Å². The third kappa shape index (κ3) is 3.19. The highest BCUT2D eigenvalue weighted by Crippen LogP contribution is 2.40. The molecule has 19 heavy (non-hydrogen) atoms. The van der Waals surface area contributed by atoms with Crippen molar-refractivity contribution in [2.45, 2.75) is 26.3 Å². The number of ether oxygens (including phenoxy) is 2. The van der Waals surface area contributed by atoms with Crippen LogP contribution in [0.15, 0.2) is 12.1 Å².